The van der Waals surface area contributed by atoms with Gasteiger partial charge in [0.05, 0.1) is 0 Å². The molecule has 6 heteroatoms. The van der Waals surface area contributed by atoms with Crippen LogP contribution in [0.4, 0.5) is 0 Å². The summed E-state index contributed by atoms with van der Waals surface area (Å²) in [6.07, 6.45) is 85.4. The van der Waals surface area contributed by atoms with Gasteiger partial charge in [0.25, 0.3) is 0 Å². The van der Waals surface area contributed by atoms with Crippen LogP contribution in [0.5, 0.6) is 0 Å². The molecular weight excluding hydrogens is 937 g/mol. The van der Waals surface area contributed by atoms with Crippen molar-refractivity contribution in [2.75, 3.05) is 13.2 Å². The van der Waals surface area contributed by atoms with Crippen LogP contribution in [-0.4, -0.2) is 37.2 Å². The van der Waals surface area contributed by atoms with Crippen LogP contribution < -0.4 is 0 Å². The number of esters is 3. The number of unbranched alkanes of at least 4 members (excludes halogenated alkanes) is 31. The Morgan fingerprint density at radius 3 is 0.803 bits per heavy atom. The minimum Gasteiger partial charge on any atom is -0.462 e. The van der Waals surface area contributed by atoms with Crippen molar-refractivity contribution in [2.24, 2.45) is 0 Å². The molecule has 0 bridgehead atoms. The quantitative estimate of drug-likeness (QED) is 0.0261. The second kappa shape index (κ2) is 63.9. The van der Waals surface area contributed by atoms with Crippen molar-refractivity contribution < 1.29 is 28.6 Å². The molecule has 1 atom stereocenters. The smallest absolute Gasteiger partial charge is 0.306 e. The fraction of sp³-hybridized carbons (Fsp3) is 0.729. The van der Waals surface area contributed by atoms with Crippen LogP contribution in [0.15, 0.2) is 97.2 Å². The van der Waals surface area contributed by atoms with Crippen molar-refractivity contribution in [3.05, 3.63) is 97.2 Å². The van der Waals surface area contributed by atoms with Crippen LogP contribution in [0.2, 0.25) is 0 Å². The van der Waals surface area contributed by atoms with Gasteiger partial charge in [0.2, 0.25) is 0 Å². The molecule has 0 aliphatic heterocycles. The molecule has 76 heavy (non-hydrogen) atoms. The standard InChI is InChI=1S/C70H120O6/c1-4-7-10-13-16-19-22-25-28-30-32-34-35-37-38-40-42-45-48-51-54-57-60-63-69(72)75-66-67(65-74-68(71)62-59-56-53-50-47-44-27-24-21-18-15-12-9-6-3)76-70(73)64-61-58-55-52-49-46-43-41-39-36-33-31-29-26-23-20-17-14-11-8-5-2/h7,10,16,19,23,25-26,28,31-34,37-39,41,67H,4-6,8-9,11-15,17-18,20-22,24,27,29-30,35-36,40,42-66H2,1-3H3/b10-7-,19-16-,26-23-,28-25-,33-31-,34-32-,38-37-,41-39-. The van der Waals surface area contributed by atoms with Gasteiger partial charge in [0, 0.05) is 19.3 Å². The van der Waals surface area contributed by atoms with E-state index < -0.39 is 6.10 Å². The molecule has 6 nitrogen and oxygen atoms in total. The van der Waals surface area contributed by atoms with Gasteiger partial charge < -0.3 is 14.2 Å². The molecule has 1 unspecified atom stereocenters. The lowest BCUT2D eigenvalue weighted by Gasteiger charge is -2.18. The summed E-state index contributed by atoms with van der Waals surface area (Å²) in [5.41, 5.74) is 0. The van der Waals surface area contributed by atoms with E-state index in [1.807, 2.05) is 0 Å². The summed E-state index contributed by atoms with van der Waals surface area (Å²) in [7, 11) is 0. The van der Waals surface area contributed by atoms with Gasteiger partial charge in [-0.2, -0.15) is 0 Å². The van der Waals surface area contributed by atoms with Gasteiger partial charge in [-0.15, -0.1) is 0 Å². The lowest BCUT2D eigenvalue weighted by atomic mass is 10.0. The molecule has 0 N–H and O–H groups in total. The molecule has 436 valence electrons. The maximum absolute atomic E-state index is 12.9. The highest BCUT2D eigenvalue weighted by Crippen LogP contribution is 2.16. The number of ether oxygens (including phenoxy) is 3. The normalized spacial score (nSPS) is 12.7. The van der Waals surface area contributed by atoms with Gasteiger partial charge >= 0.3 is 17.9 Å². The Labute approximate surface area is 470 Å². The van der Waals surface area contributed by atoms with Gasteiger partial charge in [-0.25, -0.2) is 0 Å². The molecule has 0 amide bonds. The van der Waals surface area contributed by atoms with Gasteiger partial charge in [-0.1, -0.05) is 285 Å². The third-order valence-corrected chi connectivity index (χ3v) is 13.8. The third-order valence-electron chi connectivity index (χ3n) is 13.8. The van der Waals surface area contributed by atoms with Crippen LogP contribution in [0.1, 0.15) is 310 Å². The Hall–Kier alpha value is -3.67. The molecular formula is C70H120O6. The first-order valence-electron chi connectivity index (χ1n) is 32.2. The van der Waals surface area contributed by atoms with Gasteiger partial charge in [0.15, 0.2) is 6.10 Å². The van der Waals surface area contributed by atoms with Gasteiger partial charge in [0.1, 0.15) is 13.2 Å². The number of hydrogen-bond acceptors (Lipinski definition) is 6. The molecule has 0 rings (SSSR count). The van der Waals surface area contributed by atoms with E-state index in [2.05, 4.69) is 118 Å². The first-order chi connectivity index (χ1) is 37.5. The topological polar surface area (TPSA) is 78.9 Å². The van der Waals surface area contributed by atoms with Crippen LogP contribution in [0, 0.1) is 0 Å². The minimum absolute atomic E-state index is 0.0844. The van der Waals surface area contributed by atoms with Crippen LogP contribution >= 0.6 is 0 Å². The Balaban J connectivity index is 4.40. The summed E-state index contributed by atoms with van der Waals surface area (Å²) in [6, 6.07) is 0. The highest BCUT2D eigenvalue weighted by atomic mass is 16.6. The molecule has 0 fully saturated rings. The van der Waals surface area contributed by atoms with E-state index in [-0.39, 0.29) is 31.1 Å². The average Bonchev–Trinajstić information content (AvgIpc) is 3.42. The molecule has 0 aliphatic carbocycles. The van der Waals surface area contributed by atoms with Crippen molar-refractivity contribution >= 4 is 17.9 Å². The molecule has 0 radical (unpaired) electrons. The van der Waals surface area contributed by atoms with Crippen LogP contribution in [0.25, 0.3) is 0 Å². The van der Waals surface area contributed by atoms with Crippen molar-refractivity contribution in [1.29, 1.82) is 0 Å². The van der Waals surface area contributed by atoms with Crippen molar-refractivity contribution in [1.82, 2.24) is 0 Å². The zero-order valence-corrected chi connectivity index (χ0v) is 50.0. The van der Waals surface area contributed by atoms with Gasteiger partial charge in [-0.3, -0.25) is 14.4 Å². The summed E-state index contributed by atoms with van der Waals surface area (Å²) >= 11 is 0. The Morgan fingerprint density at radius 2 is 0.513 bits per heavy atom. The lowest BCUT2D eigenvalue weighted by Crippen LogP contribution is -2.30. The van der Waals surface area contributed by atoms with Crippen molar-refractivity contribution in [2.45, 2.75) is 316 Å². The number of carbonyl (C=O) groups excluding carboxylic acids is 3. The van der Waals surface area contributed by atoms with E-state index in [4.69, 9.17) is 14.2 Å². The van der Waals surface area contributed by atoms with Crippen molar-refractivity contribution in [3.63, 3.8) is 0 Å². The van der Waals surface area contributed by atoms with E-state index in [0.717, 1.165) is 122 Å². The SMILES string of the molecule is CC/C=C\C/C=C\C/C=C\C/C=C\C/C=C\CCCCCCCCCC(=O)OCC(COC(=O)CCCCCCCCCCCCCCCC)OC(=O)CCCCCCCC/C=C\C/C=C\C/C=C\CCCCCCC. The number of hydrogen-bond donors (Lipinski definition) is 0. The third kappa shape index (κ3) is 61.2. The molecule has 0 aliphatic rings. The molecule has 0 saturated carbocycles. The van der Waals surface area contributed by atoms with Gasteiger partial charge in [-0.05, 0) is 103 Å². The first-order valence-corrected chi connectivity index (χ1v) is 32.2. The van der Waals surface area contributed by atoms with E-state index >= 15 is 0 Å². The van der Waals surface area contributed by atoms with Crippen molar-refractivity contribution in [3.8, 4) is 0 Å². The summed E-state index contributed by atoms with van der Waals surface area (Å²) < 4.78 is 16.9. The summed E-state index contributed by atoms with van der Waals surface area (Å²) in [5, 5.41) is 0. The van der Waals surface area contributed by atoms with E-state index in [0.29, 0.717) is 19.3 Å². The molecule has 0 heterocycles. The molecule has 0 spiro atoms. The zero-order valence-electron chi connectivity index (χ0n) is 50.0. The molecule has 0 saturated heterocycles. The van der Waals surface area contributed by atoms with E-state index in [1.165, 1.54) is 148 Å². The Kier molecular flexibility index (Phi) is 60.8. The first kappa shape index (κ1) is 72.3. The minimum atomic E-state index is -0.790. The maximum atomic E-state index is 12.9. The number of rotatable bonds is 58. The largest absolute Gasteiger partial charge is 0.462 e. The van der Waals surface area contributed by atoms with E-state index in [9.17, 15) is 14.4 Å². The fourth-order valence-corrected chi connectivity index (χ4v) is 9.01. The number of allylic oxidation sites excluding steroid dienone is 16. The fourth-order valence-electron chi connectivity index (χ4n) is 9.01. The predicted molar refractivity (Wildman–Crippen MR) is 330 cm³/mol. The molecule has 0 aromatic carbocycles. The Morgan fingerprint density at radius 1 is 0.276 bits per heavy atom. The second-order valence-electron chi connectivity index (χ2n) is 21.3. The number of carbonyl (C=O) groups is 3. The summed E-state index contributed by atoms with van der Waals surface area (Å²) in [6.45, 7) is 6.52. The van der Waals surface area contributed by atoms with Crippen LogP contribution in [0.3, 0.4) is 0 Å². The second-order valence-corrected chi connectivity index (χ2v) is 21.3. The maximum Gasteiger partial charge on any atom is 0.306 e. The highest BCUT2D eigenvalue weighted by Gasteiger charge is 2.19. The molecule has 0 aromatic heterocycles. The summed E-state index contributed by atoms with van der Waals surface area (Å²) in [5.74, 6) is -0.897. The lowest BCUT2D eigenvalue weighted by molar-refractivity contribution is -0.167. The molecule has 0 aromatic rings. The highest BCUT2D eigenvalue weighted by molar-refractivity contribution is 5.71. The zero-order chi connectivity index (χ0) is 55.0. The summed E-state index contributed by atoms with van der Waals surface area (Å²) in [4.78, 5) is 38.3. The average molecular weight is 1060 g/mol. The van der Waals surface area contributed by atoms with E-state index in [1.54, 1.807) is 0 Å². The predicted octanol–water partition coefficient (Wildman–Crippen LogP) is 22.0. The monoisotopic (exact) mass is 1060 g/mol. The van der Waals surface area contributed by atoms with Crippen LogP contribution in [-0.2, 0) is 28.6 Å². The Bertz CT molecular complexity index is 1490.